The maximum absolute atomic E-state index is 13.6. The van der Waals surface area contributed by atoms with Crippen molar-refractivity contribution in [3.8, 4) is 34.0 Å². The molecule has 0 radical (unpaired) electrons. The number of ether oxygens (including phenoxy) is 1. The van der Waals surface area contributed by atoms with Gasteiger partial charge in [0, 0.05) is 31.9 Å². The fourth-order valence-electron chi connectivity index (χ4n) is 4.03. The van der Waals surface area contributed by atoms with Crippen LogP contribution in [0.2, 0.25) is 20.1 Å². The molecule has 0 atom stereocenters. The topological polar surface area (TPSA) is 141 Å². The lowest BCUT2D eigenvalue weighted by atomic mass is 10.2. The Hall–Kier alpha value is -3.82. The third-order valence-electron chi connectivity index (χ3n) is 6.47. The van der Waals surface area contributed by atoms with E-state index in [2.05, 4.69) is 31.3 Å². The molecule has 2 aromatic heterocycles. The van der Waals surface area contributed by atoms with Gasteiger partial charge < -0.3 is 21.3 Å². The van der Waals surface area contributed by atoms with Crippen molar-refractivity contribution in [3.63, 3.8) is 0 Å². The van der Waals surface area contributed by atoms with Crippen LogP contribution in [0.15, 0.2) is 83.6 Å². The van der Waals surface area contributed by atoms with Crippen LogP contribution in [0.3, 0.4) is 0 Å². The molecule has 0 aliphatic rings. The zero-order chi connectivity index (χ0) is 37.2. The Labute approximate surface area is 326 Å². The van der Waals surface area contributed by atoms with Crippen molar-refractivity contribution in [2.45, 2.75) is 11.9 Å². The Balaban J connectivity index is 0.000000189. The largest absolute Gasteiger partial charge is 0.506 e. The number of amides is 2. The summed E-state index contributed by atoms with van der Waals surface area (Å²) in [5, 5.41) is 16.4. The van der Waals surface area contributed by atoms with Gasteiger partial charge in [-0.25, -0.2) is 18.7 Å². The fraction of sp³-hybridized carbons (Fsp3) is 0.0588. The number of halogens is 7. The van der Waals surface area contributed by atoms with E-state index in [9.17, 15) is 18.4 Å². The van der Waals surface area contributed by atoms with E-state index in [0.717, 1.165) is 56.1 Å². The highest BCUT2D eigenvalue weighted by molar-refractivity contribution is 9.08. The molecule has 0 bridgehead atoms. The number of carbonyl (C=O) groups excluding carboxylic acids is 2. The predicted octanol–water partition coefficient (Wildman–Crippen LogP) is 10.6. The quantitative estimate of drug-likeness (QED) is 0.130. The lowest BCUT2D eigenvalue weighted by molar-refractivity contribution is 0.0987. The number of phenolic OH excluding ortho intramolecular Hbond substituents is 1. The van der Waals surface area contributed by atoms with Gasteiger partial charge in [-0.1, -0.05) is 86.6 Å². The molecule has 0 saturated carbocycles. The molecule has 5 N–H and O–H groups in total. The highest BCUT2D eigenvalue weighted by Gasteiger charge is 2.18. The van der Waals surface area contributed by atoms with E-state index >= 15 is 0 Å². The third kappa shape index (κ3) is 10.8. The Bertz CT molecular complexity index is 2150. The summed E-state index contributed by atoms with van der Waals surface area (Å²) in [6, 6.07) is 19.4. The lowest BCUT2D eigenvalue weighted by Crippen LogP contribution is -2.14. The van der Waals surface area contributed by atoms with Crippen LogP contribution in [0.25, 0.3) is 22.5 Å². The molecule has 6 aromatic rings. The van der Waals surface area contributed by atoms with Crippen molar-refractivity contribution in [3.05, 3.63) is 136 Å². The minimum absolute atomic E-state index is 0.127. The van der Waals surface area contributed by atoms with Crippen molar-refractivity contribution < 1.29 is 28.2 Å². The van der Waals surface area contributed by atoms with Crippen molar-refractivity contribution in [1.82, 2.24) is 9.97 Å². The number of aromatic nitrogens is 2. The van der Waals surface area contributed by atoms with Gasteiger partial charge in [-0.2, -0.15) is 0 Å². The molecular formula is C34H23BrCl4F2N4O4S2. The number of rotatable bonds is 8. The van der Waals surface area contributed by atoms with Crippen LogP contribution in [0.5, 0.6) is 11.5 Å². The average molecular weight is 875 g/mol. The van der Waals surface area contributed by atoms with Gasteiger partial charge in [0.15, 0.2) is 0 Å². The van der Waals surface area contributed by atoms with Crippen molar-refractivity contribution in [2.75, 3.05) is 0 Å². The van der Waals surface area contributed by atoms with Gasteiger partial charge in [-0.3, -0.25) is 9.59 Å². The van der Waals surface area contributed by atoms with Crippen LogP contribution >= 0.6 is 85.0 Å². The van der Waals surface area contributed by atoms with E-state index in [0.29, 0.717) is 10.0 Å². The SMILES string of the molecule is Clc1ccc(-c2csc(CBr)n2)cc1.NC(=O)c1c(F)ccc(O)c1Cl.NC(=O)c1c(F)ccc(OCc2nc(-c3ccc(Cl)cc3)cs2)c1Cl. The number of alkyl halides is 1. The summed E-state index contributed by atoms with van der Waals surface area (Å²) >= 11 is 29.5. The van der Waals surface area contributed by atoms with Crippen molar-refractivity contribution >= 4 is 96.8 Å². The van der Waals surface area contributed by atoms with Crippen molar-refractivity contribution in [1.29, 1.82) is 0 Å². The minimum atomic E-state index is -1.01. The molecule has 51 heavy (non-hydrogen) atoms. The summed E-state index contributed by atoms with van der Waals surface area (Å²) in [7, 11) is 0. The molecule has 0 spiro atoms. The first-order valence-electron chi connectivity index (χ1n) is 14.1. The summed E-state index contributed by atoms with van der Waals surface area (Å²) in [5.41, 5.74) is 12.9. The first kappa shape index (κ1) is 40.0. The Morgan fingerprint density at radius 3 is 1.61 bits per heavy atom. The van der Waals surface area contributed by atoms with Gasteiger partial charge >= 0.3 is 0 Å². The van der Waals surface area contributed by atoms with Crippen LogP contribution in [-0.4, -0.2) is 26.9 Å². The number of nitrogens with zero attached hydrogens (tertiary/aromatic N) is 2. The molecule has 6 rings (SSSR count). The van der Waals surface area contributed by atoms with Gasteiger partial charge in [0.25, 0.3) is 11.8 Å². The number of carbonyl (C=O) groups is 2. The second-order valence-corrected chi connectivity index (χ2v) is 14.0. The number of aromatic hydroxyl groups is 1. The van der Waals surface area contributed by atoms with Gasteiger partial charge in [-0.05, 0) is 48.5 Å². The van der Waals surface area contributed by atoms with E-state index in [1.807, 2.05) is 41.8 Å². The Kier molecular flexibility index (Phi) is 14.6. The number of primary amides is 2. The van der Waals surface area contributed by atoms with Crippen LogP contribution < -0.4 is 16.2 Å². The predicted molar refractivity (Wildman–Crippen MR) is 204 cm³/mol. The van der Waals surface area contributed by atoms with Gasteiger partial charge in [-0.15, -0.1) is 22.7 Å². The maximum Gasteiger partial charge on any atom is 0.253 e. The molecule has 2 amide bonds. The summed E-state index contributed by atoms with van der Waals surface area (Å²) in [6.07, 6.45) is 0. The smallest absolute Gasteiger partial charge is 0.253 e. The highest BCUT2D eigenvalue weighted by Crippen LogP contribution is 2.32. The minimum Gasteiger partial charge on any atom is -0.506 e. The molecule has 264 valence electrons. The Morgan fingerprint density at radius 2 is 1.16 bits per heavy atom. The second kappa shape index (κ2) is 18.6. The standard InChI is InChI=1S/C17H11Cl2FN2O2S.C10H7BrClNS.C7H5ClFNO2/c18-10-3-1-9(2-4-10)12-8-25-14(22-12)7-24-13-6-5-11(20)15(16(13)19)17(21)23;11-5-10-13-9(6-14-10)7-1-3-8(12)4-2-7;8-6-4(11)2-1-3(9)5(6)7(10)12/h1-6,8H,7H2,(H2,21,23);1-4,6H,5H2;1-2,11H,(H2,10,12). The fourth-order valence-corrected chi connectivity index (χ4v) is 6.72. The number of benzene rings is 4. The molecule has 8 nitrogen and oxygen atoms in total. The maximum atomic E-state index is 13.6. The first-order chi connectivity index (χ1) is 24.3. The number of phenols is 1. The monoisotopic (exact) mass is 872 g/mol. The first-order valence-corrected chi connectivity index (χ1v) is 18.5. The van der Waals surface area contributed by atoms with Crippen molar-refractivity contribution in [2.24, 2.45) is 11.5 Å². The van der Waals surface area contributed by atoms with Gasteiger partial charge in [0.05, 0.1) is 37.9 Å². The van der Waals surface area contributed by atoms with E-state index < -0.39 is 29.0 Å². The zero-order valence-corrected chi connectivity index (χ0v) is 31.9. The lowest BCUT2D eigenvalue weighted by Gasteiger charge is -2.09. The summed E-state index contributed by atoms with van der Waals surface area (Å²) in [5.74, 6) is -3.79. The molecular weight excluding hydrogens is 852 g/mol. The number of hydrogen-bond donors (Lipinski definition) is 3. The molecule has 17 heteroatoms. The number of nitrogens with two attached hydrogens (primary N) is 2. The molecule has 0 aliphatic heterocycles. The zero-order valence-electron chi connectivity index (χ0n) is 25.7. The van der Waals surface area contributed by atoms with Crippen LogP contribution in [0.1, 0.15) is 30.7 Å². The third-order valence-corrected chi connectivity index (χ3v) is 10.3. The van der Waals surface area contributed by atoms with E-state index in [1.165, 1.54) is 17.4 Å². The van der Waals surface area contributed by atoms with Crippen LogP contribution in [0.4, 0.5) is 8.78 Å². The summed E-state index contributed by atoms with van der Waals surface area (Å²) in [6.45, 7) is 0.127. The molecule has 2 heterocycles. The number of hydrogen-bond acceptors (Lipinski definition) is 8. The molecule has 0 aliphatic carbocycles. The number of thiazole rings is 2. The second-order valence-electron chi connectivity index (χ2n) is 9.91. The van der Waals surface area contributed by atoms with Gasteiger partial charge in [0.1, 0.15) is 39.8 Å². The average Bonchev–Trinajstić information content (AvgIpc) is 3.78. The summed E-state index contributed by atoms with van der Waals surface area (Å²) < 4.78 is 31.9. The molecule has 4 aromatic carbocycles. The normalized spacial score (nSPS) is 10.4. The highest BCUT2D eigenvalue weighted by atomic mass is 79.9. The van der Waals surface area contributed by atoms with Crippen LogP contribution in [0, 0.1) is 11.6 Å². The molecule has 0 saturated heterocycles. The van der Waals surface area contributed by atoms with Crippen LogP contribution in [-0.2, 0) is 11.9 Å². The molecule has 0 fully saturated rings. The van der Waals surface area contributed by atoms with Gasteiger partial charge in [0.2, 0.25) is 0 Å². The summed E-state index contributed by atoms with van der Waals surface area (Å²) in [4.78, 5) is 30.8. The van der Waals surface area contributed by atoms with E-state index in [1.54, 1.807) is 23.5 Å². The van der Waals surface area contributed by atoms with E-state index in [4.69, 9.17) is 67.7 Å². The Morgan fingerprint density at radius 1 is 0.706 bits per heavy atom. The molecule has 0 unspecified atom stereocenters. The van der Waals surface area contributed by atoms with E-state index in [-0.39, 0.29) is 33.7 Å².